The monoisotopic (exact) mass is 240 g/mol. The van der Waals surface area contributed by atoms with Gasteiger partial charge in [0, 0.05) is 11.4 Å². The van der Waals surface area contributed by atoms with Crippen molar-refractivity contribution in [3.8, 4) is 0 Å². The molecule has 2 rings (SSSR count). The summed E-state index contributed by atoms with van der Waals surface area (Å²) in [5.74, 6) is 0. The smallest absolute Gasteiger partial charge is 0.0901 e. The zero-order valence-corrected chi connectivity index (χ0v) is 10.6. The Morgan fingerprint density at radius 1 is 1.44 bits per heavy atom. The second-order valence-corrected chi connectivity index (χ2v) is 5.57. The molecule has 3 nitrogen and oxygen atoms in total. The summed E-state index contributed by atoms with van der Waals surface area (Å²) in [6.07, 6.45) is 6.21. The van der Waals surface area contributed by atoms with Gasteiger partial charge >= 0.3 is 0 Å². The van der Waals surface area contributed by atoms with Crippen LogP contribution in [-0.4, -0.2) is 17.1 Å². The maximum absolute atomic E-state index is 6.11. The van der Waals surface area contributed by atoms with Gasteiger partial charge in [-0.05, 0) is 19.8 Å². The summed E-state index contributed by atoms with van der Waals surface area (Å²) in [4.78, 5) is 4.40. The predicted molar refractivity (Wildman–Crippen MR) is 66.5 cm³/mol. The van der Waals surface area contributed by atoms with Gasteiger partial charge in [-0.3, -0.25) is 0 Å². The van der Waals surface area contributed by atoms with Gasteiger partial charge < -0.3 is 10.5 Å². The first-order valence-corrected chi connectivity index (χ1v) is 6.92. The number of rotatable bonds is 3. The average Bonchev–Trinajstić information content (AvgIpc) is 2.56. The highest BCUT2D eigenvalue weighted by molar-refractivity contribution is 7.09. The first-order chi connectivity index (χ1) is 7.75. The molecule has 1 aliphatic carbocycles. The molecule has 1 heterocycles. The van der Waals surface area contributed by atoms with Gasteiger partial charge in [-0.2, -0.15) is 0 Å². The number of aromatic nitrogens is 1. The Labute approximate surface area is 101 Å². The minimum absolute atomic E-state index is 0.210. The fourth-order valence-corrected chi connectivity index (χ4v) is 2.77. The second-order valence-electron chi connectivity index (χ2n) is 4.51. The van der Waals surface area contributed by atoms with Crippen molar-refractivity contribution < 1.29 is 4.74 Å². The molecule has 4 heteroatoms. The third-order valence-electron chi connectivity index (χ3n) is 3.12. The van der Waals surface area contributed by atoms with Crippen LogP contribution in [0.5, 0.6) is 0 Å². The van der Waals surface area contributed by atoms with Gasteiger partial charge in [0.15, 0.2) is 0 Å². The quantitative estimate of drug-likeness (QED) is 0.826. The molecule has 2 atom stereocenters. The van der Waals surface area contributed by atoms with Crippen molar-refractivity contribution >= 4 is 11.3 Å². The van der Waals surface area contributed by atoms with Crippen LogP contribution < -0.4 is 5.73 Å². The van der Waals surface area contributed by atoms with Gasteiger partial charge in [-0.15, -0.1) is 11.3 Å². The molecule has 0 bridgehead atoms. The Balaban J connectivity index is 1.83. The maximum atomic E-state index is 6.11. The Morgan fingerprint density at radius 2 is 2.25 bits per heavy atom. The summed E-state index contributed by atoms with van der Waals surface area (Å²) in [5, 5.41) is 3.17. The lowest BCUT2D eigenvalue weighted by Gasteiger charge is -2.21. The van der Waals surface area contributed by atoms with Crippen molar-refractivity contribution in [2.45, 2.75) is 57.8 Å². The molecule has 90 valence electrons. The Bertz CT molecular complexity index is 327. The fraction of sp³-hybridized carbons (Fsp3) is 0.750. The average molecular weight is 240 g/mol. The molecule has 1 aromatic heterocycles. The summed E-state index contributed by atoms with van der Waals surface area (Å²) >= 11 is 1.67. The first kappa shape index (κ1) is 12.0. The van der Waals surface area contributed by atoms with E-state index in [1.807, 2.05) is 6.92 Å². The number of hydrogen-bond acceptors (Lipinski definition) is 4. The van der Waals surface area contributed by atoms with E-state index >= 15 is 0 Å². The number of aryl methyl sites for hydroxylation is 1. The van der Waals surface area contributed by atoms with Gasteiger partial charge in [0.05, 0.1) is 23.4 Å². The lowest BCUT2D eigenvalue weighted by molar-refractivity contribution is 0.0180. The van der Waals surface area contributed by atoms with Gasteiger partial charge in [0.25, 0.3) is 0 Å². The van der Waals surface area contributed by atoms with Crippen LogP contribution in [0.25, 0.3) is 0 Å². The number of nitrogens with zero attached hydrogens (tertiary/aromatic N) is 1. The van der Waals surface area contributed by atoms with Crippen LogP contribution in [0.2, 0.25) is 0 Å². The number of thiazole rings is 1. The Kier molecular flexibility index (Phi) is 4.32. The predicted octanol–water partition coefficient (Wildman–Crippen LogP) is 2.63. The van der Waals surface area contributed by atoms with E-state index in [4.69, 9.17) is 10.5 Å². The summed E-state index contributed by atoms with van der Waals surface area (Å²) in [6, 6.07) is 0.210. The van der Waals surface area contributed by atoms with Crippen LogP contribution in [0.3, 0.4) is 0 Å². The van der Waals surface area contributed by atoms with E-state index in [0.717, 1.165) is 23.5 Å². The van der Waals surface area contributed by atoms with E-state index < -0.39 is 0 Å². The van der Waals surface area contributed by atoms with Gasteiger partial charge in [-0.1, -0.05) is 19.3 Å². The molecule has 1 aliphatic rings. The molecule has 0 amide bonds. The van der Waals surface area contributed by atoms with Crippen LogP contribution in [0, 0.1) is 6.92 Å². The topological polar surface area (TPSA) is 48.1 Å². The summed E-state index contributed by atoms with van der Waals surface area (Å²) in [5.41, 5.74) is 7.15. The van der Waals surface area contributed by atoms with E-state index in [-0.39, 0.29) is 12.1 Å². The minimum atomic E-state index is 0.210. The van der Waals surface area contributed by atoms with Gasteiger partial charge in [0.1, 0.15) is 0 Å². The third kappa shape index (κ3) is 3.27. The zero-order chi connectivity index (χ0) is 11.4. The maximum Gasteiger partial charge on any atom is 0.0901 e. The van der Waals surface area contributed by atoms with Crippen LogP contribution in [0.1, 0.15) is 42.8 Å². The lowest BCUT2D eigenvalue weighted by Crippen LogP contribution is -2.35. The Morgan fingerprint density at radius 3 is 3.00 bits per heavy atom. The molecule has 0 spiro atoms. The van der Waals surface area contributed by atoms with Gasteiger partial charge in [0.2, 0.25) is 0 Å². The highest BCUT2D eigenvalue weighted by Gasteiger charge is 2.21. The van der Waals surface area contributed by atoms with Gasteiger partial charge in [-0.25, -0.2) is 4.98 Å². The van der Waals surface area contributed by atoms with E-state index in [9.17, 15) is 0 Å². The molecule has 0 aromatic carbocycles. The summed E-state index contributed by atoms with van der Waals surface area (Å²) in [7, 11) is 0. The highest BCUT2D eigenvalue weighted by atomic mass is 32.1. The van der Waals surface area contributed by atoms with Crippen molar-refractivity contribution in [1.29, 1.82) is 0 Å². The SMILES string of the molecule is Cc1nc(COC2CCCCCC2N)cs1. The van der Waals surface area contributed by atoms with E-state index in [1.165, 1.54) is 19.3 Å². The van der Waals surface area contributed by atoms with E-state index in [1.54, 1.807) is 11.3 Å². The second kappa shape index (κ2) is 5.75. The molecule has 1 fully saturated rings. The molecule has 2 unspecified atom stereocenters. The standard InChI is InChI=1S/C12H20N2OS/c1-9-14-10(8-16-9)7-15-12-6-4-2-3-5-11(12)13/h8,11-12H,2-7,13H2,1H3. The van der Waals surface area contributed by atoms with Crippen LogP contribution in [0.15, 0.2) is 5.38 Å². The first-order valence-electron chi connectivity index (χ1n) is 6.04. The van der Waals surface area contributed by atoms with E-state index in [0.29, 0.717) is 6.61 Å². The van der Waals surface area contributed by atoms with E-state index in [2.05, 4.69) is 10.4 Å². The molecule has 0 radical (unpaired) electrons. The van der Waals surface area contributed by atoms with Crippen LogP contribution in [-0.2, 0) is 11.3 Å². The largest absolute Gasteiger partial charge is 0.370 e. The Hall–Kier alpha value is -0.450. The number of nitrogens with two attached hydrogens (primary N) is 1. The summed E-state index contributed by atoms with van der Waals surface area (Å²) < 4.78 is 5.89. The molecule has 1 saturated carbocycles. The molecule has 0 aliphatic heterocycles. The lowest BCUT2D eigenvalue weighted by atomic mass is 10.1. The van der Waals surface area contributed by atoms with Crippen molar-refractivity contribution in [2.24, 2.45) is 5.73 Å². The third-order valence-corrected chi connectivity index (χ3v) is 3.94. The zero-order valence-electron chi connectivity index (χ0n) is 9.82. The molecule has 0 saturated heterocycles. The molecular formula is C12H20N2OS. The minimum Gasteiger partial charge on any atom is -0.370 e. The van der Waals surface area contributed by atoms with Crippen molar-refractivity contribution in [3.63, 3.8) is 0 Å². The molecule has 16 heavy (non-hydrogen) atoms. The number of ether oxygens (including phenoxy) is 1. The van der Waals surface area contributed by atoms with Crippen molar-refractivity contribution in [2.75, 3.05) is 0 Å². The van der Waals surface area contributed by atoms with Crippen LogP contribution in [0.4, 0.5) is 0 Å². The molecular weight excluding hydrogens is 220 g/mol. The molecule has 1 aromatic rings. The molecule has 2 N–H and O–H groups in total. The number of hydrogen-bond donors (Lipinski definition) is 1. The fourth-order valence-electron chi connectivity index (χ4n) is 2.18. The van der Waals surface area contributed by atoms with Crippen molar-refractivity contribution in [1.82, 2.24) is 4.98 Å². The normalized spacial score (nSPS) is 26.6. The summed E-state index contributed by atoms with van der Waals surface area (Å²) in [6.45, 7) is 2.63. The van der Waals surface area contributed by atoms with Crippen LogP contribution >= 0.6 is 11.3 Å². The van der Waals surface area contributed by atoms with Crippen molar-refractivity contribution in [3.05, 3.63) is 16.1 Å². The highest BCUT2D eigenvalue weighted by Crippen LogP contribution is 2.20.